The van der Waals surface area contributed by atoms with Gasteiger partial charge >= 0.3 is 0 Å². The highest BCUT2D eigenvalue weighted by molar-refractivity contribution is 7.99. The van der Waals surface area contributed by atoms with Crippen LogP contribution in [-0.2, 0) is 11.3 Å². The van der Waals surface area contributed by atoms with E-state index in [0.717, 1.165) is 0 Å². The van der Waals surface area contributed by atoms with E-state index >= 15 is 0 Å². The number of rotatable bonds is 2. The summed E-state index contributed by atoms with van der Waals surface area (Å²) in [5, 5.41) is 3.55. The fraction of sp³-hybridized carbons (Fsp3) is 0.312. The first-order chi connectivity index (χ1) is 11.6. The molecule has 0 bridgehead atoms. The molecule has 124 valence electrons. The normalized spacial score (nSPS) is 18.1. The number of fused-ring (bicyclic) bond motifs is 2. The first kappa shape index (κ1) is 15.1. The standard InChI is InChI=1S/C16H15N3O4S/c1-9-5-17-16-19(15(9)21)6-10(7-24-16)14(20)18-11-2-3-12-13(4-11)23-8-22-12/h2-5,10H,6-8H2,1H3,(H,18,20). The minimum Gasteiger partial charge on any atom is -0.454 e. The summed E-state index contributed by atoms with van der Waals surface area (Å²) in [5.41, 5.74) is 1.14. The Morgan fingerprint density at radius 2 is 2.21 bits per heavy atom. The molecule has 1 amide bonds. The number of carbonyl (C=O) groups is 1. The number of thioether (sulfide) groups is 1. The number of nitrogens with one attached hydrogen (secondary N) is 1. The molecule has 24 heavy (non-hydrogen) atoms. The van der Waals surface area contributed by atoms with E-state index in [4.69, 9.17) is 9.47 Å². The van der Waals surface area contributed by atoms with E-state index in [0.29, 0.717) is 40.2 Å². The molecule has 1 aromatic heterocycles. The smallest absolute Gasteiger partial charge is 0.257 e. The number of benzene rings is 1. The average molecular weight is 345 g/mol. The highest BCUT2D eigenvalue weighted by Crippen LogP contribution is 2.34. The highest BCUT2D eigenvalue weighted by atomic mass is 32.2. The van der Waals surface area contributed by atoms with Gasteiger partial charge in [0.2, 0.25) is 12.7 Å². The number of hydrogen-bond donors (Lipinski definition) is 1. The molecule has 0 aliphatic carbocycles. The van der Waals surface area contributed by atoms with Gasteiger partial charge in [0.05, 0.1) is 5.92 Å². The summed E-state index contributed by atoms with van der Waals surface area (Å²) < 4.78 is 12.1. The highest BCUT2D eigenvalue weighted by Gasteiger charge is 2.27. The molecule has 0 radical (unpaired) electrons. The molecular weight excluding hydrogens is 330 g/mol. The van der Waals surface area contributed by atoms with E-state index in [9.17, 15) is 9.59 Å². The number of carbonyl (C=O) groups excluding carboxylic acids is 1. The minimum atomic E-state index is -0.297. The van der Waals surface area contributed by atoms with Gasteiger partial charge < -0.3 is 14.8 Å². The van der Waals surface area contributed by atoms with Gasteiger partial charge in [0.25, 0.3) is 5.56 Å². The summed E-state index contributed by atoms with van der Waals surface area (Å²) in [4.78, 5) is 29.0. The number of hydrogen-bond acceptors (Lipinski definition) is 6. The van der Waals surface area contributed by atoms with Crippen molar-refractivity contribution >= 4 is 23.4 Å². The van der Waals surface area contributed by atoms with Crippen LogP contribution in [0.25, 0.3) is 0 Å². The van der Waals surface area contributed by atoms with E-state index < -0.39 is 0 Å². The monoisotopic (exact) mass is 345 g/mol. The predicted octanol–water partition coefficient (Wildman–Crippen LogP) is 1.64. The Kier molecular flexibility index (Phi) is 3.68. The lowest BCUT2D eigenvalue weighted by Crippen LogP contribution is -2.37. The largest absolute Gasteiger partial charge is 0.454 e. The number of aromatic nitrogens is 2. The van der Waals surface area contributed by atoms with Crippen LogP contribution >= 0.6 is 11.8 Å². The van der Waals surface area contributed by atoms with Gasteiger partial charge in [-0.1, -0.05) is 11.8 Å². The molecule has 1 N–H and O–H groups in total. The second kappa shape index (κ2) is 5.86. The van der Waals surface area contributed by atoms with Crippen LogP contribution in [0.15, 0.2) is 34.3 Å². The fourth-order valence-electron chi connectivity index (χ4n) is 2.68. The zero-order valence-electron chi connectivity index (χ0n) is 12.9. The van der Waals surface area contributed by atoms with Crippen molar-refractivity contribution in [1.82, 2.24) is 9.55 Å². The van der Waals surface area contributed by atoms with Crippen molar-refractivity contribution in [2.75, 3.05) is 17.9 Å². The number of ether oxygens (including phenoxy) is 2. The molecule has 2 aromatic rings. The van der Waals surface area contributed by atoms with Gasteiger partial charge in [-0.2, -0.15) is 0 Å². The topological polar surface area (TPSA) is 82.5 Å². The van der Waals surface area contributed by atoms with Crippen molar-refractivity contribution < 1.29 is 14.3 Å². The van der Waals surface area contributed by atoms with Crippen molar-refractivity contribution in [1.29, 1.82) is 0 Å². The molecule has 7 nitrogen and oxygen atoms in total. The molecule has 8 heteroatoms. The van der Waals surface area contributed by atoms with Gasteiger partial charge in [-0.3, -0.25) is 14.2 Å². The van der Waals surface area contributed by atoms with Gasteiger partial charge in [0, 0.05) is 35.8 Å². The molecule has 0 spiro atoms. The van der Waals surface area contributed by atoms with Gasteiger partial charge in [0.1, 0.15) is 0 Å². The van der Waals surface area contributed by atoms with E-state index in [-0.39, 0.29) is 24.2 Å². The SMILES string of the molecule is Cc1cnc2n(c1=O)CC(C(=O)Nc1ccc3c(c1)OCO3)CS2. The van der Waals surface area contributed by atoms with E-state index in [1.54, 1.807) is 35.9 Å². The molecule has 3 heterocycles. The van der Waals surface area contributed by atoms with Crippen LogP contribution in [0, 0.1) is 12.8 Å². The maximum atomic E-state index is 12.5. The molecule has 0 fully saturated rings. The van der Waals surface area contributed by atoms with Crippen LogP contribution in [0.5, 0.6) is 11.5 Å². The van der Waals surface area contributed by atoms with E-state index in [1.165, 1.54) is 11.8 Å². The molecule has 4 rings (SSSR count). The molecule has 0 saturated carbocycles. The van der Waals surface area contributed by atoms with Crippen LogP contribution < -0.4 is 20.3 Å². The molecule has 1 unspecified atom stereocenters. The maximum absolute atomic E-state index is 12.5. The molecule has 1 aromatic carbocycles. The Balaban J connectivity index is 1.51. The predicted molar refractivity (Wildman–Crippen MR) is 88.6 cm³/mol. The lowest BCUT2D eigenvalue weighted by Gasteiger charge is -2.24. The van der Waals surface area contributed by atoms with Crippen LogP contribution in [0.2, 0.25) is 0 Å². The van der Waals surface area contributed by atoms with Crippen LogP contribution in [0.4, 0.5) is 5.69 Å². The number of amides is 1. The van der Waals surface area contributed by atoms with Crippen LogP contribution in [0.3, 0.4) is 0 Å². The minimum absolute atomic E-state index is 0.0897. The molecular formula is C16H15N3O4S. The van der Waals surface area contributed by atoms with Gasteiger partial charge in [0.15, 0.2) is 16.7 Å². The fourth-order valence-corrected chi connectivity index (χ4v) is 3.73. The van der Waals surface area contributed by atoms with Crippen LogP contribution in [-0.4, -0.2) is 28.0 Å². The number of anilines is 1. The first-order valence-corrected chi connectivity index (χ1v) is 8.50. The number of aryl methyl sites for hydroxylation is 1. The third-order valence-corrected chi connectivity index (χ3v) is 5.16. The lowest BCUT2D eigenvalue weighted by molar-refractivity contribution is -0.119. The van der Waals surface area contributed by atoms with Crippen molar-refractivity contribution in [2.45, 2.75) is 18.6 Å². The van der Waals surface area contributed by atoms with Gasteiger partial charge in [-0.05, 0) is 19.1 Å². The third kappa shape index (κ3) is 2.62. The second-order valence-electron chi connectivity index (χ2n) is 5.70. The van der Waals surface area contributed by atoms with E-state index in [2.05, 4.69) is 10.3 Å². The zero-order chi connectivity index (χ0) is 16.7. The van der Waals surface area contributed by atoms with Crippen molar-refractivity contribution in [3.63, 3.8) is 0 Å². The van der Waals surface area contributed by atoms with Crippen molar-refractivity contribution in [3.8, 4) is 11.5 Å². The molecule has 2 aliphatic heterocycles. The molecule has 1 atom stereocenters. The van der Waals surface area contributed by atoms with E-state index in [1.807, 2.05) is 0 Å². The average Bonchev–Trinajstić information content (AvgIpc) is 3.05. The summed E-state index contributed by atoms with van der Waals surface area (Å²) in [6.07, 6.45) is 1.58. The summed E-state index contributed by atoms with van der Waals surface area (Å²) in [7, 11) is 0. The molecule has 0 saturated heterocycles. The Morgan fingerprint density at radius 3 is 3.08 bits per heavy atom. The zero-order valence-corrected chi connectivity index (χ0v) is 13.8. The molecule has 2 aliphatic rings. The van der Waals surface area contributed by atoms with Crippen molar-refractivity contribution in [3.05, 3.63) is 40.3 Å². The van der Waals surface area contributed by atoms with Gasteiger partial charge in [-0.15, -0.1) is 0 Å². The van der Waals surface area contributed by atoms with Crippen LogP contribution in [0.1, 0.15) is 5.56 Å². The van der Waals surface area contributed by atoms with Gasteiger partial charge in [-0.25, -0.2) is 4.98 Å². The quantitative estimate of drug-likeness (QED) is 0.833. The number of nitrogens with zero attached hydrogens (tertiary/aromatic N) is 2. The summed E-state index contributed by atoms with van der Waals surface area (Å²) >= 11 is 1.43. The van der Waals surface area contributed by atoms with Crippen molar-refractivity contribution in [2.24, 2.45) is 5.92 Å². The lowest BCUT2D eigenvalue weighted by atomic mass is 10.1. The third-order valence-electron chi connectivity index (χ3n) is 4.01. The summed E-state index contributed by atoms with van der Waals surface area (Å²) in [6.45, 7) is 2.26. The summed E-state index contributed by atoms with van der Waals surface area (Å²) in [5.74, 6) is 1.46. The Hall–Kier alpha value is -2.48. The first-order valence-electron chi connectivity index (χ1n) is 7.51. The second-order valence-corrected chi connectivity index (χ2v) is 6.69. The summed E-state index contributed by atoms with van der Waals surface area (Å²) in [6, 6.07) is 5.27. The maximum Gasteiger partial charge on any atom is 0.257 e. The Morgan fingerprint density at radius 1 is 1.38 bits per heavy atom. The Labute approximate surface area is 142 Å². The Bertz CT molecular complexity index is 880.